The molecule has 0 saturated carbocycles. The van der Waals surface area contributed by atoms with Crippen molar-refractivity contribution in [1.29, 1.82) is 0 Å². The molecule has 3 heterocycles. The molecule has 3 aromatic heterocycles. The van der Waals surface area contributed by atoms with E-state index >= 15 is 0 Å². The van der Waals surface area contributed by atoms with Crippen LogP contribution in [0.1, 0.15) is 18.6 Å². The first-order valence-corrected chi connectivity index (χ1v) is 9.61. The predicted molar refractivity (Wildman–Crippen MR) is 112 cm³/mol. The quantitative estimate of drug-likeness (QED) is 0.448. The number of ether oxygens (including phenoxy) is 1. The highest BCUT2D eigenvalue weighted by molar-refractivity contribution is 6.31. The molecule has 5 aromatic rings. The molecule has 7 nitrogen and oxygen atoms in total. The van der Waals surface area contributed by atoms with Crippen LogP contribution in [0.2, 0.25) is 5.02 Å². The van der Waals surface area contributed by atoms with Crippen LogP contribution in [0, 0.1) is 5.82 Å². The van der Waals surface area contributed by atoms with Crippen LogP contribution >= 0.6 is 11.6 Å². The van der Waals surface area contributed by atoms with E-state index in [1.807, 2.05) is 20.2 Å². The Morgan fingerprint density at radius 3 is 2.80 bits per heavy atom. The number of benzene rings is 2. The van der Waals surface area contributed by atoms with E-state index in [1.54, 1.807) is 41.5 Å². The maximum atomic E-state index is 14.8. The molecule has 0 fully saturated rings. The molecule has 0 amide bonds. The van der Waals surface area contributed by atoms with Crippen LogP contribution in [0.4, 0.5) is 4.39 Å². The fraction of sp³-hybridized carbons (Fsp3) is 0.143. The molecule has 5 rings (SSSR count). The molecule has 1 atom stereocenters. The molecule has 150 valence electrons. The Morgan fingerprint density at radius 2 is 2.00 bits per heavy atom. The smallest absolute Gasteiger partial charge is 0.167 e. The number of hydrogen-bond donors (Lipinski definition) is 1. The zero-order chi connectivity index (χ0) is 20.8. The summed E-state index contributed by atoms with van der Waals surface area (Å²) in [5, 5.41) is 12.6. The topological polar surface area (TPSA) is 81.5 Å². The van der Waals surface area contributed by atoms with Gasteiger partial charge in [0.05, 0.1) is 22.7 Å². The Morgan fingerprint density at radius 1 is 1.17 bits per heavy atom. The summed E-state index contributed by atoms with van der Waals surface area (Å²) in [4.78, 5) is 8.68. The lowest BCUT2D eigenvalue weighted by molar-refractivity contribution is 0.218. The van der Waals surface area contributed by atoms with Gasteiger partial charge in [-0.05, 0) is 25.1 Å². The van der Waals surface area contributed by atoms with Crippen LogP contribution in [-0.2, 0) is 7.05 Å². The van der Waals surface area contributed by atoms with Crippen molar-refractivity contribution in [3.63, 3.8) is 0 Å². The van der Waals surface area contributed by atoms with Gasteiger partial charge < -0.3 is 4.74 Å². The van der Waals surface area contributed by atoms with Gasteiger partial charge in [-0.1, -0.05) is 11.6 Å². The van der Waals surface area contributed by atoms with Gasteiger partial charge in [0.15, 0.2) is 11.6 Å². The normalized spacial score (nSPS) is 12.5. The summed E-state index contributed by atoms with van der Waals surface area (Å²) in [7, 11) is 1.83. The number of nitrogens with one attached hydrogen (secondary N) is 1. The fourth-order valence-electron chi connectivity index (χ4n) is 3.50. The highest BCUT2D eigenvalue weighted by Gasteiger charge is 2.19. The SMILES string of the molecule is CC(Oc1cc2c(-c3cnn(C)c3)n[nH]c2cc1F)c1cc(Cl)cc2nccnc12. The highest BCUT2D eigenvalue weighted by Crippen LogP contribution is 2.34. The van der Waals surface area contributed by atoms with E-state index in [-0.39, 0.29) is 5.75 Å². The molecule has 2 aromatic carbocycles. The van der Waals surface area contributed by atoms with E-state index in [0.29, 0.717) is 27.3 Å². The van der Waals surface area contributed by atoms with Crippen molar-refractivity contribution in [3.05, 3.63) is 65.5 Å². The van der Waals surface area contributed by atoms with Crippen molar-refractivity contribution in [1.82, 2.24) is 29.9 Å². The zero-order valence-corrected chi connectivity index (χ0v) is 16.9. The largest absolute Gasteiger partial charge is 0.483 e. The van der Waals surface area contributed by atoms with Gasteiger partial charge in [0.25, 0.3) is 0 Å². The molecule has 1 N–H and O–H groups in total. The Kier molecular flexibility index (Phi) is 4.36. The third-order valence-electron chi connectivity index (χ3n) is 4.90. The first-order chi connectivity index (χ1) is 14.5. The molecule has 0 radical (unpaired) electrons. The van der Waals surface area contributed by atoms with E-state index in [9.17, 15) is 4.39 Å². The molecule has 0 saturated heterocycles. The average Bonchev–Trinajstić information content (AvgIpc) is 3.33. The van der Waals surface area contributed by atoms with Gasteiger partial charge in [0.2, 0.25) is 0 Å². The van der Waals surface area contributed by atoms with Crippen molar-refractivity contribution in [3.8, 4) is 17.0 Å². The Balaban J connectivity index is 1.56. The third kappa shape index (κ3) is 3.15. The zero-order valence-electron chi connectivity index (χ0n) is 16.1. The minimum atomic E-state index is -0.511. The first-order valence-electron chi connectivity index (χ1n) is 9.23. The van der Waals surface area contributed by atoms with Crippen molar-refractivity contribution < 1.29 is 9.13 Å². The third-order valence-corrected chi connectivity index (χ3v) is 5.12. The number of hydrogen-bond acceptors (Lipinski definition) is 5. The Hall–Kier alpha value is -3.52. The molecular weight excluding hydrogens is 407 g/mol. The van der Waals surface area contributed by atoms with Crippen molar-refractivity contribution in [2.24, 2.45) is 7.05 Å². The van der Waals surface area contributed by atoms with Gasteiger partial charge in [0, 0.05) is 53.2 Å². The summed E-state index contributed by atoms with van der Waals surface area (Å²) >= 11 is 6.24. The van der Waals surface area contributed by atoms with Crippen LogP contribution in [0.25, 0.3) is 33.2 Å². The second kappa shape index (κ2) is 7.07. The van der Waals surface area contributed by atoms with Gasteiger partial charge >= 0.3 is 0 Å². The monoisotopic (exact) mass is 422 g/mol. The summed E-state index contributed by atoms with van der Waals surface area (Å²) in [5.74, 6) is -0.383. The van der Waals surface area contributed by atoms with Gasteiger partial charge in [-0.25, -0.2) is 4.39 Å². The number of H-pyrrole nitrogens is 1. The second-order valence-corrected chi connectivity index (χ2v) is 7.42. The van der Waals surface area contributed by atoms with Gasteiger partial charge in [-0.15, -0.1) is 0 Å². The van der Waals surface area contributed by atoms with E-state index < -0.39 is 11.9 Å². The van der Waals surface area contributed by atoms with Crippen LogP contribution in [0.15, 0.2) is 49.1 Å². The van der Waals surface area contributed by atoms with Gasteiger partial charge in [-0.2, -0.15) is 10.2 Å². The summed E-state index contributed by atoms with van der Waals surface area (Å²) in [6, 6.07) is 6.52. The van der Waals surface area contributed by atoms with E-state index in [4.69, 9.17) is 16.3 Å². The molecule has 0 aliphatic carbocycles. The lowest BCUT2D eigenvalue weighted by Crippen LogP contribution is -2.06. The van der Waals surface area contributed by atoms with Gasteiger partial charge in [0.1, 0.15) is 11.8 Å². The minimum Gasteiger partial charge on any atom is -0.483 e. The van der Waals surface area contributed by atoms with Crippen molar-refractivity contribution >= 4 is 33.5 Å². The summed E-state index contributed by atoms with van der Waals surface area (Å²) in [6.07, 6.45) is 6.24. The number of aromatic amines is 1. The Labute approximate surface area is 175 Å². The van der Waals surface area contributed by atoms with Crippen molar-refractivity contribution in [2.75, 3.05) is 0 Å². The lowest BCUT2D eigenvalue weighted by atomic mass is 10.1. The number of aromatic nitrogens is 6. The maximum Gasteiger partial charge on any atom is 0.167 e. The van der Waals surface area contributed by atoms with Crippen LogP contribution in [-0.4, -0.2) is 29.9 Å². The average molecular weight is 423 g/mol. The maximum absolute atomic E-state index is 14.8. The van der Waals surface area contributed by atoms with E-state index in [2.05, 4.69) is 25.3 Å². The molecule has 0 aliphatic heterocycles. The molecule has 0 spiro atoms. The number of nitrogens with zero attached hydrogens (tertiary/aromatic N) is 5. The summed E-state index contributed by atoms with van der Waals surface area (Å²) in [5.41, 5.74) is 4.12. The molecule has 0 aliphatic rings. The summed E-state index contributed by atoms with van der Waals surface area (Å²) < 4.78 is 22.4. The Bertz CT molecular complexity index is 1400. The van der Waals surface area contributed by atoms with Crippen LogP contribution < -0.4 is 4.74 Å². The fourth-order valence-corrected chi connectivity index (χ4v) is 3.72. The van der Waals surface area contributed by atoms with Crippen LogP contribution in [0.3, 0.4) is 0 Å². The highest BCUT2D eigenvalue weighted by atomic mass is 35.5. The minimum absolute atomic E-state index is 0.110. The molecular formula is C21H16ClFN6O. The lowest BCUT2D eigenvalue weighted by Gasteiger charge is -2.17. The van der Waals surface area contributed by atoms with Crippen LogP contribution in [0.5, 0.6) is 5.75 Å². The molecule has 9 heteroatoms. The standard InChI is InChI=1S/C21H16ClFN6O/c1-11(14-5-13(22)6-18-21(14)25-4-3-24-18)30-19-7-15-17(8-16(19)23)27-28-20(15)12-9-26-29(2)10-12/h3-11H,1-2H3,(H,27,28). The predicted octanol–water partition coefficient (Wildman–Crippen LogP) is 4.84. The molecule has 30 heavy (non-hydrogen) atoms. The molecule has 1 unspecified atom stereocenters. The summed E-state index contributed by atoms with van der Waals surface area (Å²) in [6.45, 7) is 1.82. The van der Waals surface area contributed by atoms with Crippen molar-refractivity contribution in [2.45, 2.75) is 13.0 Å². The molecule has 0 bridgehead atoms. The first kappa shape index (κ1) is 18.5. The van der Waals surface area contributed by atoms with E-state index in [1.165, 1.54) is 6.07 Å². The number of halogens is 2. The number of rotatable bonds is 4. The number of aryl methyl sites for hydroxylation is 1. The number of fused-ring (bicyclic) bond motifs is 2. The second-order valence-electron chi connectivity index (χ2n) is 6.98. The van der Waals surface area contributed by atoms with E-state index in [0.717, 1.165) is 16.5 Å². The van der Waals surface area contributed by atoms with Gasteiger partial charge in [-0.3, -0.25) is 19.7 Å².